The second kappa shape index (κ2) is 5.95. The van der Waals surface area contributed by atoms with Crippen LogP contribution in [0.25, 0.3) is 0 Å². The quantitative estimate of drug-likeness (QED) is 0.473. The predicted molar refractivity (Wildman–Crippen MR) is 59.5 cm³/mol. The van der Waals surface area contributed by atoms with E-state index in [0.29, 0.717) is 19.6 Å². The van der Waals surface area contributed by atoms with E-state index in [2.05, 4.69) is 10.3 Å². The van der Waals surface area contributed by atoms with Crippen LogP contribution in [-0.4, -0.2) is 22.8 Å². The molecular formula is C7H10ClF2N3S2. The Kier molecular flexibility index (Phi) is 5.20. The molecule has 0 radical (unpaired) electrons. The third kappa shape index (κ3) is 5.62. The lowest BCUT2D eigenvalue weighted by Crippen LogP contribution is -2.21. The molecule has 0 saturated heterocycles. The number of rotatable bonds is 6. The van der Waals surface area contributed by atoms with Crippen LogP contribution >= 0.6 is 34.7 Å². The third-order valence-corrected chi connectivity index (χ3v) is 3.39. The van der Waals surface area contributed by atoms with Gasteiger partial charge >= 0.3 is 4.71 Å². The zero-order valence-corrected chi connectivity index (χ0v) is 10.1. The van der Waals surface area contributed by atoms with Gasteiger partial charge in [-0.15, -0.1) is 11.3 Å². The van der Waals surface area contributed by atoms with E-state index in [9.17, 15) is 8.78 Å². The summed E-state index contributed by atoms with van der Waals surface area (Å²) in [6, 6.07) is 0. The van der Waals surface area contributed by atoms with Crippen LogP contribution < -0.4 is 11.1 Å². The van der Waals surface area contributed by atoms with Crippen molar-refractivity contribution in [3.05, 3.63) is 11.1 Å². The number of nitrogens with one attached hydrogen (secondary N) is 1. The second-order valence-electron chi connectivity index (χ2n) is 2.61. The average molecular weight is 274 g/mol. The van der Waals surface area contributed by atoms with Crippen molar-refractivity contribution in [2.45, 2.75) is 15.6 Å². The standard InChI is InChI=1S/C7H10ClF2N3S2/c8-7(9,10)15-6-13-4-5(14-6)3-12-2-1-11/h4,12H,1-3,11H2. The van der Waals surface area contributed by atoms with E-state index in [1.165, 1.54) is 11.3 Å². The Bertz CT molecular complexity index is 303. The summed E-state index contributed by atoms with van der Waals surface area (Å²) in [7, 11) is 0. The normalized spacial score (nSPS) is 12.0. The molecule has 0 aliphatic heterocycles. The van der Waals surface area contributed by atoms with E-state index in [1.807, 2.05) is 0 Å². The minimum Gasteiger partial charge on any atom is -0.329 e. The maximum Gasteiger partial charge on any atom is 0.377 e. The molecule has 0 aromatic carbocycles. The summed E-state index contributed by atoms with van der Waals surface area (Å²) in [5.74, 6) is 0. The average Bonchev–Trinajstić information content (AvgIpc) is 2.50. The molecule has 1 heterocycles. The molecule has 1 aromatic rings. The minimum atomic E-state index is -3.29. The van der Waals surface area contributed by atoms with Gasteiger partial charge in [0.25, 0.3) is 0 Å². The maximum absolute atomic E-state index is 12.4. The third-order valence-electron chi connectivity index (χ3n) is 1.36. The van der Waals surface area contributed by atoms with Crippen LogP contribution in [0.4, 0.5) is 8.78 Å². The highest BCUT2D eigenvalue weighted by Crippen LogP contribution is 2.40. The summed E-state index contributed by atoms with van der Waals surface area (Å²) in [6.07, 6.45) is 1.55. The summed E-state index contributed by atoms with van der Waals surface area (Å²) in [5.41, 5.74) is 5.29. The van der Waals surface area contributed by atoms with Gasteiger partial charge in [0.15, 0.2) is 4.34 Å². The van der Waals surface area contributed by atoms with Gasteiger partial charge in [-0.05, 0) is 23.4 Å². The number of thioether (sulfide) groups is 1. The maximum atomic E-state index is 12.4. The highest BCUT2D eigenvalue weighted by atomic mass is 35.5. The highest BCUT2D eigenvalue weighted by Gasteiger charge is 2.28. The number of nitrogens with zero attached hydrogens (tertiary/aromatic N) is 1. The monoisotopic (exact) mass is 273 g/mol. The summed E-state index contributed by atoms with van der Waals surface area (Å²) in [5, 5.41) is 3.04. The van der Waals surface area contributed by atoms with Gasteiger partial charge in [0.2, 0.25) is 0 Å². The summed E-state index contributed by atoms with van der Waals surface area (Å²) in [4.78, 5) is 4.71. The van der Waals surface area contributed by atoms with Crippen LogP contribution in [0, 0.1) is 0 Å². The van der Waals surface area contributed by atoms with Gasteiger partial charge in [-0.25, -0.2) is 4.98 Å². The SMILES string of the molecule is NCCNCc1cnc(SC(F)(F)Cl)s1. The first-order valence-electron chi connectivity index (χ1n) is 4.12. The molecule has 3 nitrogen and oxygen atoms in total. The molecular weight excluding hydrogens is 264 g/mol. The van der Waals surface area contributed by atoms with Crippen LogP contribution in [0.15, 0.2) is 10.5 Å². The van der Waals surface area contributed by atoms with E-state index in [1.54, 1.807) is 6.20 Å². The lowest BCUT2D eigenvalue weighted by molar-refractivity contribution is 0.203. The molecule has 0 aliphatic rings. The summed E-state index contributed by atoms with van der Waals surface area (Å²) < 4.78 is 21.7. The zero-order chi connectivity index (χ0) is 11.3. The number of thiazole rings is 1. The smallest absolute Gasteiger partial charge is 0.329 e. The van der Waals surface area contributed by atoms with Crippen LogP contribution in [0.2, 0.25) is 0 Å². The molecule has 0 aliphatic carbocycles. The van der Waals surface area contributed by atoms with Crippen molar-refractivity contribution in [2.75, 3.05) is 13.1 Å². The van der Waals surface area contributed by atoms with E-state index in [0.717, 1.165) is 4.88 Å². The van der Waals surface area contributed by atoms with Gasteiger partial charge in [0, 0.05) is 30.7 Å². The molecule has 0 atom stereocenters. The Labute approximate surface area is 99.4 Å². The molecule has 15 heavy (non-hydrogen) atoms. The molecule has 0 amide bonds. The minimum absolute atomic E-state index is 0.248. The molecule has 1 aromatic heterocycles. The largest absolute Gasteiger partial charge is 0.377 e. The summed E-state index contributed by atoms with van der Waals surface area (Å²) >= 11 is 6.21. The number of hydrogen-bond acceptors (Lipinski definition) is 5. The van der Waals surface area contributed by atoms with E-state index < -0.39 is 4.71 Å². The van der Waals surface area contributed by atoms with Gasteiger partial charge in [0.05, 0.1) is 0 Å². The van der Waals surface area contributed by atoms with Crippen molar-refractivity contribution in [1.29, 1.82) is 0 Å². The van der Waals surface area contributed by atoms with E-state index in [-0.39, 0.29) is 16.1 Å². The molecule has 86 valence electrons. The van der Waals surface area contributed by atoms with Crippen LogP contribution in [0.1, 0.15) is 4.88 Å². The number of hydrogen-bond donors (Lipinski definition) is 2. The first-order chi connectivity index (χ1) is 7.01. The molecule has 0 fully saturated rings. The lowest BCUT2D eigenvalue weighted by atomic mass is 10.5. The Balaban J connectivity index is 2.42. The van der Waals surface area contributed by atoms with Crippen molar-refractivity contribution in [2.24, 2.45) is 5.73 Å². The van der Waals surface area contributed by atoms with Crippen molar-refractivity contribution >= 4 is 34.7 Å². The van der Waals surface area contributed by atoms with E-state index in [4.69, 9.17) is 17.3 Å². The highest BCUT2D eigenvalue weighted by molar-refractivity contribution is 8.03. The fourth-order valence-corrected chi connectivity index (χ4v) is 2.90. The first-order valence-corrected chi connectivity index (χ1v) is 6.13. The van der Waals surface area contributed by atoms with Gasteiger partial charge in [-0.1, -0.05) is 0 Å². The molecule has 8 heteroatoms. The molecule has 0 unspecified atom stereocenters. The predicted octanol–water partition coefficient (Wildman–Crippen LogP) is 2.07. The van der Waals surface area contributed by atoms with Crippen molar-refractivity contribution in [1.82, 2.24) is 10.3 Å². The molecule has 0 spiro atoms. The number of aromatic nitrogens is 1. The Morgan fingerprint density at radius 1 is 1.67 bits per heavy atom. The van der Waals surface area contributed by atoms with Gasteiger partial charge < -0.3 is 11.1 Å². The topological polar surface area (TPSA) is 50.9 Å². The molecule has 0 bridgehead atoms. The second-order valence-corrected chi connectivity index (χ2v) is 5.78. The fourth-order valence-electron chi connectivity index (χ4n) is 0.831. The molecule has 3 N–H and O–H groups in total. The Hall–Kier alpha value is 0.0500. The van der Waals surface area contributed by atoms with Gasteiger partial charge in [-0.3, -0.25) is 0 Å². The van der Waals surface area contributed by atoms with Crippen molar-refractivity contribution in [3.63, 3.8) is 0 Å². The first kappa shape index (κ1) is 13.1. The van der Waals surface area contributed by atoms with Crippen molar-refractivity contribution < 1.29 is 8.78 Å². The van der Waals surface area contributed by atoms with Crippen molar-refractivity contribution in [3.8, 4) is 0 Å². The number of halogens is 3. The number of nitrogens with two attached hydrogens (primary N) is 1. The molecule has 0 saturated carbocycles. The van der Waals surface area contributed by atoms with Crippen LogP contribution in [0.5, 0.6) is 0 Å². The van der Waals surface area contributed by atoms with Gasteiger partial charge in [0.1, 0.15) is 0 Å². The Morgan fingerprint density at radius 2 is 2.40 bits per heavy atom. The van der Waals surface area contributed by atoms with Crippen LogP contribution in [-0.2, 0) is 6.54 Å². The zero-order valence-electron chi connectivity index (χ0n) is 7.67. The molecule has 1 rings (SSSR count). The van der Waals surface area contributed by atoms with E-state index >= 15 is 0 Å². The lowest BCUT2D eigenvalue weighted by Gasteiger charge is -2.02. The number of alkyl halides is 3. The van der Waals surface area contributed by atoms with Crippen LogP contribution in [0.3, 0.4) is 0 Å². The summed E-state index contributed by atoms with van der Waals surface area (Å²) in [6.45, 7) is 1.81. The fraction of sp³-hybridized carbons (Fsp3) is 0.571. The van der Waals surface area contributed by atoms with Gasteiger partial charge in [-0.2, -0.15) is 8.78 Å². The Morgan fingerprint density at radius 3 is 3.00 bits per heavy atom.